The molecule has 3 atom stereocenters. The van der Waals surface area contributed by atoms with Crippen molar-refractivity contribution >= 4 is 27.6 Å². The third-order valence-electron chi connectivity index (χ3n) is 8.22. The molecule has 1 saturated heterocycles. The van der Waals surface area contributed by atoms with E-state index < -0.39 is 5.60 Å². The zero-order valence-corrected chi connectivity index (χ0v) is 19.8. The minimum absolute atomic E-state index is 0.126. The topological polar surface area (TPSA) is 50.0 Å². The fraction of sp³-hybridized carbons (Fsp3) is 0.400. The average Bonchev–Trinajstić information content (AvgIpc) is 3.51. The minimum atomic E-state index is -0.786. The molecule has 0 amide bonds. The van der Waals surface area contributed by atoms with Gasteiger partial charge in [-0.2, -0.15) is 0 Å². The zero-order chi connectivity index (χ0) is 21.7. The number of thiazole rings is 1. The first-order valence-corrected chi connectivity index (χ1v) is 12.9. The molecule has 1 aliphatic heterocycles. The van der Waals surface area contributed by atoms with Gasteiger partial charge in [-0.1, -0.05) is 12.1 Å². The van der Waals surface area contributed by atoms with E-state index in [9.17, 15) is 5.11 Å². The van der Waals surface area contributed by atoms with Gasteiger partial charge >= 0.3 is 0 Å². The van der Waals surface area contributed by atoms with Crippen LogP contribution >= 0.6 is 22.7 Å². The van der Waals surface area contributed by atoms with Gasteiger partial charge in [0.15, 0.2) is 4.96 Å². The summed E-state index contributed by atoms with van der Waals surface area (Å²) in [5.74, 6) is 0.877. The highest BCUT2D eigenvalue weighted by atomic mass is 32.1. The number of hydrogen-bond donors (Lipinski definition) is 1. The first-order valence-electron chi connectivity index (χ1n) is 11.2. The molecule has 5 nitrogen and oxygen atoms in total. The maximum atomic E-state index is 12.5. The predicted molar refractivity (Wildman–Crippen MR) is 128 cm³/mol. The van der Waals surface area contributed by atoms with Gasteiger partial charge in [0.25, 0.3) is 0 Å². The van der Waals surface area contributed by atoms with Crippen molar-refractivity contribution in [2.75, 3.05) is 20.7 Å². The van der Waals surface area contributed by atoms with E-state index in [0.717, 1.165) is 42.2 Å². The van der Waals surface area contributed by atoms with E-state index >= 15 is 0 Å². The molecular formula is C25H25N3O2S2. The second-order valence-electron chi connectivity index (χ2n) is 9.56. The number of thiophene rings is 1. The summed E-state index contributed by atoms with van der Waals surface area (Å²) in [5.41, 5.74) is 3.91. The van der Waals surface area contributed by atoms with Crippen LogP contribution in [0.4, 0.5) is 0 Å². The normalized spacial score (nSPS) is 28.9. The molecule has 4 heterocycles. The highest BCUT2D eigenvalue weighted by Gasteiger charge is 2.64. The molecule has 7 rings (SSSR count). The number of rotatable bonds is 2. The maximum absolute atomic E-state index is 12.5. The number of aromatic nitrogens is 2. The Morgan fingerprint density at radius 2 is 2.16 bits per heavy atom. The van der Waals surface area contributed by atoms with Crippen molar-refractivity contribution in [3.8, 4) is 16.3 Å². The molecule has 0 radical (unpaired) electrons. The Labute approximate surface area is 194 Å². The van der Waals surface area contributed by atoms with E-state index in [1.54, 1.807) is 29.8 Å². The summed E-state index contributed by atoms with van der Waals surface area (Å²) in [5, 5.41) is 14.6. The second kappa shape index (κ2) is 6.44. The third kappa shape index (κ3) is 2.32. The van der Waals surface area contributed by atoms with Gasteiger partial charge in [-0.05, 0) is 61.1 Å². The maximum Gasteiger partial charge on any atom is 0.194 e. The lowest BCUT2D eigenvalue weighted by Crippen LogP contribution is -2.73. The van der Waals surface area contributed by atoms with Gasteiger partial charge in [0.1, 0.15) is 11.4 Å². The number of likely N-dealkylation sites (N-methyl/N-ethyl adjacent to an activating group) is 1. The highest BCUT2D eigenvalue weighted by molar-refractivity contribution is 7.17. The first kappa shape index (κ1) is 19.3. The SMILES string of the molecule is COc1ccc2c(c1)[C@@]13CCN(C)[C@@H](C2)[C@]1(O)Cc1sc2nc(-c4cccs4)cn2c1C3. The van der Waals surface area contributed by atoms with Crippen LogP contribution in [-0.4, -0.2) is 51.7 Å². The fourth-order valence-electron chi connectivity index (χ4n) is 6.58. The van der Waals surface area contributed by atoms with E-state index in [2.05, 4.69) is 58.3 Å². The lowest BCUT2D eigenvalue weighted by Gasteiger charge is -2.62. The molecule has 2 bridgehead atoms. The molecule has 1 fully saturated rings. The highest BCUT2D eigenvalue weighted by Crippen LogP contribution is 2.58. The van der Waals surface area contributed by atoms with E-state index in [4.69, 9.17) is 9.72 Å². The van der Waals surface area contributed by atoms with Crippen LogP contribution in [0.3, 0.4) is 0 Å². The van der Waals surface area contributed by atoms with Crippen molar-refractivity contribution in [3.63, 3.8) is 0 Å². The summed E-state index contributed by atoms with van der Waals surface area (Å²) in [4.78, 5) is 10.9. The lowest BCUT2D eigenvalue weighted by molar-refractivity contribution is -0.144. The Bertz CT molecular complexity index is 1360. The number of methoxy groups -OCH3 is 1. The Morgan fingerprint density at radius 3 is 2.97 bits per heavy atom. The minimum Gasteiger partial charge on any atom is -0.497 e. The summed E-state index contributed by atoms with van der Waals surface area (Å²) >= 11 is 3.48. The number of hydrogen-bond acceptors (Lipinski definition) is 6. The summed E-state index contributed by atoms with van der Waals surface area (Å²) in [6.45, 7) is 0.997. The van der Waals surface area contributed by atoms with E-state index in [1.807, 2.05) is 0 Å². The van der Waals surface area contributed by atoms with Crippen LogP contribution in [0.2, 0.25) is 0 Å². The first-order chi connectivity index (χ1) is 15.5. The Balaban J connectivity index is 1.44. The van der Waals surface area contributed by atoms with Crippen molar-refractivity contribution in [3.05, 3.63) is 63.6 Å². The molecule has 1 aromatic carbocycles. The molecule has 0 unspecified atom stereocenters. The molecule has 164 valence electrons. The molecule has 3 aromatic heterocycles. The second-order valence-corrected chi connectivity index (χ2v) is 11.6. The van der Waals surface area contributed by atoms with Gasteiger partial charge in [0, 0.05) is 41.1 Å². The summed E-state index contributed by atoms with van der Waals surface area (Å²) in [6.07, 6.45) is 5.55. The fourth-order valence-corrected chi connectivity index (χ4v) is 8.47. The van der Waals surface area contributed by atoms with Crippen molar-refractivity contribution in [1.82, 2.24) is 14.3 Å². The van der Waals surface area contributed by atoms with Gasteiger partial charge in [-0.25, -0.2) is 4.98 Å². The molecule has 3 aliphatic rings. The number of imidazole rings is 1. The van der Waals surface area contributed by atoms with E-state index in [1.165, 1.54) is 26.6 Å². The van der Waals surface area contributed by atoms with Gasteiger partial charge in [0.2, 0.25) is 0 Å². The molecule has 0 spiro atoms. The number of ether oxygens (including phenoxy) is 1. The number of benzene rings is 1. The summed E-state index contributed by atoms with van der Waals surface area (Å²) in [6, 6.07) is 10.8. The molecule has 2 aliphatic carbocycles. The van der Waals surface area contributed by atoms with Crippen molar-refractivity contribution < 1.29 is 9.84 Å². The third-order valence-corrected chi connectivity index (χ3v) is 10.2. The number of nitrogens with zero attached hydrogens (tertiary/aromatic N) is 3. The largest absolute Gasteiger partial charge is 0.497 e. The predicted octanol–water partition coefficient (Wildman–Crippen LogP) is 4.16. The van der Waals surface area contributed by atoms with Gasteiger partial charge in [0.05, 0.1) is 17.6 Å². The smallest absolute Gasteiger partial charge is 0.194 e. The molecule has 32 heavy (non-hydrogen) atoms. The lowest BCUT2D eigenvalue weighted by atomic mass is 9.50. The van der Waals surface area contributed by atoms with Crippen molar-refractivity contribution in [2.45, 2.75) is 42.7 Å². The number of likely N-dealkylation sites (tertiary alicyclic amines) is 1. The van der Waals surface area contributed by atoms with E-state index in [-0.39, 0.29) is 11.5 Å². The Morgan fingerprint density at radius 1 is 1.25 bits per heavy atom. The van der Waals surface area contributed by atoms with Crippen LogP contribution in [0.25, 0.3) is 15.5 Å². The average molecular weight is 464 g/mol. The van der Waals surface area contributed by atoms with Crippen LogP contribution in [0.1, 0.15) is 28.1 Å². The van der Waals surface area contributed by atoms with Crippen LogP contribution < -0.4 is 4.74 Å². The van der Waals surface area contributed by atoms with Gasteiger partial charge in [-0.3, -0.25) is 4.40 Å². The molecule has 7 heteroatoms. The molecule has 1 N–H and O–H groups in total. The van der Waals surface area contributed by atoms with E-state index in [0.29, 0.717) is 6.42 Å². The standard InChI is InChI=1S/C25H25N3O2S2/c1-27-8-7-24-12-19-21(32-23-26-18(14-28(19)23)20-4-3-9-31-20)13-25(24,29)22(27)10-15-5-6-16(30-2)11-17(15)24/h3-6,9,11,14,22,29H,7-8,10,12-13H2,1-2H3/t22-,24-,25+/m0/s1. The summed E-state index contributed by atoms with van der Waals surface area (Å²) in [7, 11) is 3.90. The molecular weight excluding hydrogens is 438 g/mol. The molecule has 4 aromatic rings. The Hall–Kier alpha value is -2.19. The van der Waals surface area contributed by atoms with Crippen LogP contribution in [0.5, 0.6) is 5.75 Å². The van der Waals surface area contributed by atoms with Crippen LogP contribution in [-0.2, 0) is 24.7 Å². The van der Waals surface area contributed by atoms with Gasteiger partial charge in [-0.15, -0.1) is 22.7 Å². The van der Waals surface area contributed by atoms with Crippen LogP contribution in [0.15, 0.2) is 41.9 Å². The van der Waals surface area contributed by atoms with Crippen molar-refractivity contribution in [2.24, 2.45) is 0 Å². The quantitative estimate of drug-likeness (QED) is 0.485. The van der Waals surface area contributed by atoms with Gasteiger partial charge < -0.3 is 14.7 Å². The van der Waals surface area contributed by atoms with Crippen LogP contribution in [0, 0.1) is 0 Å². The van der Waals surface area contributed by atoms with Crippen molar-refractivity contribution in [1.29, 1.82) is 0 Å². The summed E-state index contributed by atoms with van der Waals surface area (Å²) < 4.78 is 7.91. The number of aliphatic hydroxyl groups is 1. The number of fused-ring (bicyclic) bond motifs is 4. The molecule has 0 saturated carbocycles. The monoisotopic (exact) mass is 463 g/mol. The number of piperidine rings is 1. The zero-order valence-electron chi connectivity index (χ0n) is 18.2. The Kier molecular flexibility index (Phi) is 3.88.